The Balaban J connectivity index is 0.00000243. The summed E-state index contributed by atoms with van der Waals surface area (Å²) in [5.74, 6) is 2.05. The van der Waals surface area contributed by atoms with Gasteiger partial charge in [0.1, 0.15) is 13.2 Å². The highest BCUT2D eigenvalue weighted by Gasteiger charge is 2.26. The van der Waals surface area contributed by atoms with Crippen LogP contribution in [-0.2, 0) is 15.6 Å². The van der Waals surface area contributed by atoms with Crippen molar-refractivity contribution in [1.29, 1.82) is 0 Å². The SMILES string of the molecule is CC(N)C1CCCN(C(=O)CCS(=O)c2ccc3c(c2)OCCO3)C1.Cl. The van der Waals surface area contributed by atoms with Crippen LogP contribution in [0.1, 0.15) is 26.2 Å². The lowest BCUT2D eigenvalue weighted by molar-refractivity contribution is -0.132. The second-order valence-electron chi connectivity index (χ2n) is 6.71. The predicted molar refractivity (Wildman–Crippen MR) is 104 cm³/mol. The molecule has 2 heterocycles. The number of hydrogen-bond donors (Lipinski definition) is 1. The Morgan fingerprint density at radius 2 is 2.08 bits per heavy atom. The Kier molecular flexibility index (Phi) is 7.73. The molecule has 2 aliphatic rings. The summed E-state index contributed by atoms with van der Waals surface area (Å²) >= 11 is 0. The summed E-state index contributed by atoms with van der Waals surface area (Å²) < 4.78 is 23.5. The van der Waals surface area contributed by atoms with Gasteiger partial charge in [-0.25, -0.2) is 0 Å². The summed E-state index contributed by atoms with van der Waals surface area (Å²) in [4.78, 5) is 15.0. The highest BCUT2D eigenvalue weighted by Crippen LogP contribution is 2.32. The number of carbonyl (C=O) groups excluding carboxylic acids is 1. The molecule has 0 aliphatic carbocycles. The molecule has 2 aliphatic heterocycles. The molecule has 0 spiro atoms. The van der Waals surface area contributed by atoms with Crippen molar-refractivity contribution < 1.29 is 18.5 Å². The molecule has 1 amide bonds. The van der Waals surface area contributed by atoms with Crippen molar-refractivity contribution in [3.05, 3.63) is 18.2 Å². The van der Waals surface area contributed by atoms with E-state index in [1.54, 1.807) is 18.2 Å². The Labute approximate surface area is 163 Å². The highest BCUT2D eigenvalue weighted by atomic mass is 35.5. The van der Waals surface area contributed by atoms with Gasteiger partial charge in [-0.1, -0.05) is 0 Å². The van der Waals surface area contributed by atoms with E-state index in [2.05, 4.69) is 0 Å². The van der Waals surface area contributed by atoms with Gasteiger partial charge in [-0.05, 0) is 37.8 Å². The normalized spacial score (nSPS) is 21.5. The number of benzene rings is 1. The van der Waals surface area contributed by atoms with Crippen molar-refractivity contribution in [3.8, 4) is 11.5 Å². The van der Waals surface area contributed by atoms with Crippen LogP contribution in [0.4, 0.5) is 0 Å². The van der Waals surface area contributed by atoms with Gasteiger partial charge < -0.3 is 20.1 Å². The molecule has 8 heteroatoms. The largest absolute Gasteiger partial charge is 0.486 e. The summed E-state index contributed by atoms with van der Waals surface area (Å²) in [6.07, 6.45) is 2.35. The quantitative estimate of drug-likeness (QED) is 0.814. The first kappa shape index (κ1) is 21.0. The van der Waals surface area contributed by atoms with E-state index < -0.39 is 10.8 Å². The monoisotopic (exact) mass is 402 g/mol. The second-order valence-corrected chi connectivity index (χ2v) is 8.28. The van der Waals surface area contributed by atoms with Crippen molar-refractivity contribution in [2.75, 3.05) is 32.1 Å². The molecule has 0 aromatic heterocycles. The van der Waals surface area contributed by atoms with Gasteiger partial charge in [-0.2, -0.15) is 0 Å². The number of nitrogens with zero attached hydrogens (tertiary/aromatic N) is 1. The van der Waals surface area contributed by atoms with Crippen LogP contribution in [0, 0.1) is 5.92 Å². The topological polar surface area (TPSA) is 81.9 Å². The zero-order chi connectivity index (χ0) is 17.8. The lowest BCUT2D eigenvalue weighted by Gasteiger charge is -2.34. The summed E-state index contributed by atoms with van der Waals surface area (Å²) in [7, 11) is -1.23. The number of hydrogen-bond acceptors (Lipinski definition) is 5. The standard InChI is InChI=1S/C18H26N2O4S.ClH/c1-13(19)14-3-2-7-20(12-14)18(21)6-10-25(22)15-4-5-16-17(11-15)24-9-8-23-16;/h4-5,11,13-14H,2-3,6-10,12,19H2,1H3;1H. The Hall–Kier alpha value is -1.31. The molecule has 1 aromatic rings. The van der Waals surface area contributed by atoms with E-state index in [1.165, 1.54) is 0 Å². The lowest BCUT2D eigenvalue weighted by atomic mass is 9.92. The summed E-state index contributed by atoms with van der Waals surface area (Å²) in [6, 6.07) is 5.41. The van der Waals surface area contributed by atoms with Crippen LogP contribution in [0.5, 0.6) is 11.5 Å². The van der Waals surface area contributed by atoms with E-state index in [4.69, 9.17) is 15.2 Å². The second kappa shape index (κ2) is 9.58. The minimum absolute atomic E-state index is 0. The number of nitrogens with two attached hydrogens (primary N) is 1. The van der Waals surface area contributed by atoms with Crippen LogP contribution in [0.25, 0.3) is 0 Å². The molecule has 1 aromatic carbocycles. The molecule has 146 valence electrons. The van der Waals surface area contributed by atoms with E-state index in [-0.39, 0.29) is 30.8 Å². The molecule has 1 saturated heterocycles. The average molecular weight is 403 g/mol. The van der Waals surface area contributed by atoms with Crippen LogP contribution in [0.2, 0.25) is 0 Å². The van der Waals surface area contributed by atoms with Gasteiger partial charge in [0.05, 0.1) is 10.8 Å². The van der Waals surface area contributed by atoms with E-state index >= 15 is 0 Å². The van der Waals surface area contributed by atoms with Crippen molar-refractivity contribution in [2.24, 2.45) is 11.7 Å². The minimum Gasteiger partial charge on any atom is -0.486 e. The molecule has 3 atom stereocenters. The number of amides is 1. The summed E-state index contributed by atoms with van der Waals surface area (Å²) in [5.41, 5.74) is 5.97. The molecule has 2 N–H and O–H groups in total. The number of piperidine rings is 1. The molecular weight excluding hydrogens is 376 g/mol. The fraction of sp³-hybridized carbons (Fsp3) is 0.611. The first-order valence-electron chi connectivity index (χ1n) is 8.86. The third-order valence-electron chi connectivity index (χ3n) is 4.83. The van der Waals surface area contributed by atoms with Gasteiger partial charge in [0.25, 0.3) is 0 Å². The zero-order valence-corrected chi connectivity index (χ0v) is 16.7. The molecule has 26 heavy (non-hydrogen) atoms. The van der Waals surface area contributed by atoms with Crippen molar-refractivity contribution >= 4 is 29.1 Å². The third kappa shape index (κ3) is 5.11. The van der Waals surface area contributed by atoms with Crippen LogP contribution in [-0.4, -0.2) is 53.1 Å². The van der Waals surface area contributed by atoms with Crippen LogP contribution >= 0.6 is 12.4 Å². The highest BCUT2D eigenvalue weighted by molar-refractivity contribution is 7.85. The average Bonchev–Trinajstić information content (AvgIpc) is 2.65. The predicted octanol–water partition coefficient (Wildman–Crippen LogP) is 1.96. The van der Waals surface area contributed by atoms with Gasteiger partial charge in [-0.15, -0.1) is 12.4 Å². The van der Waals surface area contributed by atoms with E-state index in [0.29, 0.717) is 47.8 Å². The zero-order valence-electron chi connectivity index (χ0n) is 15.0. The maximum Gasteiger partial charge on any atom is 0.223 e. The fourth-order valence-corrected chi connectivity index (χ4v) is 4.34. The van der Waals surface area contributed by atoms with Gasteiger partial charge >= 0.3 is 0 Å². The Morgan fingerprint density at radius 3 is 2.81 bits per heavy atom. The van der Waals surface area contributed by atoms with Crippen LogP contribution < -0.4 is 15.2 Å². The van der Waals surface area contributed by atoms with Crippen LogP contribution in [0.15, 0.2) is 23.1 Å². The fourth-order valence-electron chi connectivity index (χ4n) is 3.29. The molecule has 0 bridgehead atoms. The number of rotatable bonds is 5. The number of likely N-dealkylation sites (tertiary alicyclic amines) is 1. The van der Waals surface area contributed by atoms with E-state index in [1.807, 2.05) is 11.8 Å². The van der Waals surface area contributed by atoms with Crippen LogP contribution in [0.3, 0.4) is 0 Å². The molecule has 6 nitrogen and oxygen atoms in total. The Bertz CT molecular complexity index is 656. The molecule has 3 unspecified atom stereocenters. The molecule has 0 saturated carbocycles. The number of halogens is 1. The Morgan fingerprint density at radius 1 is 1.35 bits per heavy atom. The molecule has 1 fully saturated rings. The lowest BCUT2D eigenvalue weighted by Crippen LogP contribution is -2.45. The first-order valence-corrected chi connectivity index (χ1v) is 10.2. The minimum atomic E-state index is -1.23. The van der Waals surface area contributed by atoms with Crippen molar-refractivity contribution in [3.63, 3.8) is 0 Å². The summed E-state index contributed by atoms with van der Waals surface area (Å²) in [5, 5.41) is 0. The van der Waals surface area contributed by atoms with Gasteiger partial charge in [0.2, 0.25) is 5.91 Å². The van der Waals surface area contributed by atoms with Gasteiger partial charge in [0.15, 0.2) is 11.5 Å². The number of ether oxygens (including phenoxy) is 2. The summed E-state index contributed by atoms with van der Waals surface area (Å²) in [6.45, 7) is 4.51. The number of fused-ring (bicyclic) bond motifs is 1. The molecule has 0 radical (unpaired) electrons. The first-order chi connectivity index (χ1) is 12.0. The van der Waals surface area contributed by atoms with Crippen molar-refractivity contribution in [1.82, 2.24) is 4.90 Å². The smallest absolute Gasteiger partial charge is 0.223 e. The number of carbonyl (C=O) groups is 1. The maximum atomic E-state index is 12.5. The van der Waals surface area contributed by atoms with E-state index in [0.717, 1.165) is 19.4 Å². The van der Waals surface area contributed by atoms with Gasteiger partial charge in [0, 0.05) is 42.3 Å². The molecule has 3 rings (SSSR count). The third-order valence-corrected chi connectivity index (χ3v) is 6.19. The maximum absolute atomic E-state index is 12.5. The van der Waals surface area contributed by atoms with Crippen molar-refractivity contribution in [2.45, 2.75) is 37.1 Å². The van der Waals surface area contributed by atoms with E-state index in [9.17, 15) is 9.00 Å². The molecular formula is C18H27ClN2O4S. The van der Waals surface area contributed by atoms with Gasteiger partial charge in [-0.3, -0.25) is 9.00 Å².